The Hall–Kier alpha value is -2.48. The molecule has 0 radical (unpaired) electrons. The molecule has 0 bridgehead atoms. The molecule has 0 fully saturated rings. The Morgan fingerprint density at radius 1 is 1.38 bits per heavy atom. The fourth-order valence-corrected chi connectivity index (χ4v) is 2.00. The topological polar surface area (TPSA) is 85.0 Å². The van der Waals surface area contributed by atoms with Crippen molar-refractivity contribution in [1.82, 2.24) is 15.1 Å². The van der Waals surface area contributed by atoms with Gasteiger partial charge in [-0.2, -0.15) is 5.10 Å². The molecule has 1 aromatic heterocycles. The molecule has 0 atom stereocenters. The van der Waals surface area contributed by atoms with Gasteiger partial charge in [-0.3, -0.25) is 14.8 Å². The van der Waals surface area contributed by atoms with E-state index in [4.69, 9.17) is 12.2 Å². The van der Waals surface area contributed by atoms with Crippen LogP contribution in [0.4, 0.5) is 11.4 Å². The number of non-ortho nitro benzene ring substituents is 1. The van der Waals surface area contributed by atoms with Crippen molar-refractivity contribution in [3.63, 3.8) is 0 Å². The maximum Gasteiger partial charge on any atom is 0.269 e. The van der Waals surface area contributed by atoms with Crippen molar-refractivity contribution in [2.24, 2.45) is 0 Å². The molecular formula is C13H15N5O2S. The molecule has 1 heterocycles. The van der Waals surface area contributed by atoms with Crippen LogP contribution in [0.1, 0.15) is 12.6 Å². The van der Waals surface area contributed by atoms with Crippen molar-refractivity contribution in [2.75, 3.05) is 5.32 Å². The molecule has 2 rings (SSSR count). The lowest BCUT2D eigenvalue weighted by Crippen LogP contribution is -2.28. The number of rotatable bonds is 5. The Labute approximate surface area is 127 Å². The first-order valence-corrected chi connectivity index (χ1v) is 6.81. The molecule has 0 amide bonds. The fourth-order valence-electron chi connectivity index (χ4n) is 1.81. The third-order valence-electron chi connectivity index (χ3n) is 2.87. The van der Waals surface area contributed by atoms with Crippen LogP contribution >= 0.6 is 12.2 Å². The van der Waals surface area contributed by atoms with Gasteiger partial charge in [0.2, 0.25) is 0 Å². The first-order chi connectivity index (χ1) is 10.1. The van der Waals surface area contributed by atoms with Gasteiger partial charge in [0.1, 0.15) is 0 Å². The molecule has 1 aromatic carbocycles. The zero-order valence-corrected chi connectivity index (χ0v) is 12.3. The summed E-state index contributed by atoms with van der Waals surface area (Å²) in [6.07, 6.45) is 1.74. The molecule has 0 unspecified atom stereocenters. The van der Waals surface area contributed by atoms with Crippen molar-refractivity contribution in [3.8, 4) is 0 Å². The molecule has 7 nitrogen and oxygen atoms in total. The number of nitrogens with one attached hydrogen (secondary N) is 2. The summed E-state index contributed by atoms with van der Waals surface area (Å²) in [7, 11) is 0. The van der Waals surface area contributed by atoms with Crippen LogP contribution in [0.5, 0.6) is 0 Å². The maximum atomic E-state index is 10.6. The van der Waals surface area contributed by atoms with Gasteiger partial charge in [0, 0.05) is 30.6 Å². The Morgan fingerprint density at radius 2 is 2.10 bits per heavy atom. The van der Waals surface area contributed by atoms with E-state index < -0.39 is 4.92 Å². The predicted molar refractivity (Wildman–Crippen MR) is 84.1 cm³/mol. The van der Waals surface area contributed by atoms with Gasteiger partial charge in [-0.05, 0) is 37.3 Å². The van der Waals surface area contributed by atoms with E-state index in [1.807, 2.05) is 17.7 Å². The highest BCUT2D eigenvalue weighted by Gasteiger charge is 2.05. The van der Waals surface area contributed by atoms with Crippen LogP contribution < -0.4 is 10.6 Å². The summed E-state index contributed by atoms with van der Waals surface area (Å²) >= 11 is 5.19. The average Bonchev–Trinajstić information content (AvgIpc) is 2.93. The Morgan fingerprint density at radius 3 is 2.71 bits per heavy atom. The lowest BCUT2D eigenvalue weighted by Gasteiger charge is -2.11. The highest BCUT2D eigenvalue weighted by atomic mass is 32.1. The number of thiocarbonyl (C=S) groups is 1. The van der Waals surface area contributed by atoms with E-state index >= 15 is 0 Å². The first-order valence-electron chi connectivity index (χ1n) is 6.40. The van der Waals surface area contributed by atoms with Gasteiger partial charge < -0.3 is 10.6 Å². The summed E-state index contributed by atoms with van der Waals surface area (Å²) in [4.78, 5) is 10.1. The number of hydrogen-bond donors (Lipinski definition) is 2. The Balaban J connectivity index is 1.88. The summed E-state index contributed by atoms with van der Waals surface area (Å²) < 4.78 is 1.88. The molecule has 8 heteroatoms. The van der Waals surface area contributed by atoms with Crippen LogP contribution in [0.25, 0.3) is 0 Å². The van der Waals surface area contributed by atoms with Gasteiger partial charge in [-0.15, -0.1) is 0 Å². The van der Waals surface area contributed by atoms with Gasteiger partial charge in [0.25, 0.3) is 5.69 Å². The fraction of sp³-hybridized carbons (Fsp3) is 0.231. The lowest BCUT2D eigenvalue weighted by molar-refractivity contribution is -0.384. The predicted octanol–water partition coefficient (Wildman–Crippen LogP) is 2.30. The van der Waals surface area contributed by atoms with E-state index in [0.29, 0.717) is 17.3 Å². The molecule has 0 saturated carbocycles. The standard InChI is InChI=1S/C13H15N5O2S/c1-2-17-12(7-8-15-17)9-14-13(21)16-10-3-5-11(6-4-10)18(19)20/h3-8H,2,9H2,1H3,(H2,14,16,21). The van der Waals surface area contributed by atoms with Gasteiger partial charge in [-0.25, -0.2) is 0 Å². The number of anilines is 1. The zero-order valence-electron chi connectivity index (χ0n) is 11.4. The van der Waals surface area contributed by atoms with Gasteiger partial charge in [-0.1, -0.05) is 0 Å². The van der Waals surface area contributed by atoms with Gasteiger partial charge in [0.05, 0.1) is 17.2 Å². The smallest absolute Gasteiger partial charge is 0.269 e. The minimum atomic E-state index is -0.438. The highest BCUT2D eigenvalue weighted by Crippen LogP contribution is 2.15. The van der Waals surface area contributed by atoms with E-state index in [-0.39, 0.29) is 5.69 Å². The molecule has 2 aromatic rings. The first kappa shape index (κ1) is 14.9. The molecule has 21 heavy (non-hydrogen) atoms. The molecule has 2 N–H and O–H groups in total. The minimum absolute atomic E-state index is 0.0475. The van der Waals surface area contributed by atoms with E-state index in [2.05, 4.69) is 15.7 Å². The largest absolute Gasteiger partial charge is 0.357 e. The quantitative estimate of drug-likeness (QED) is 0.501. The maximum absolute atomic E-state index is 10.6. The van der Waals surface area contributed by atoms with Crippen molar-refractivity contribution in [3.05, 3.63) is 52.3 Å². The van der Waals surface area contributed by atoms with Crippen molar-refractivity contribution in [2.45, 2.75) is 20.0 Å². The average molecular weight is 305 g/mol. The second-order valence-corrected chi connectivity index (χ2v) is 4.66. The molecular weight excluding hydrogens is 290 g/mol. The molecule has 0 aliphatic carbocycles. The second-order valence-electron chi connectivity index (χ2n) is 4.25. The van der Waals surface area contributed by atoms with Crippen molar-refractivity contribution >= 4 is 28.7 Å². The van der Waals surface area contributed by atoms with Crippen LogP contribution in [0.15, 0.2) is 36.5 Å². The summed E-state index contributed by atoms with van der Waals surface area (Å²) in [6, 6.07) is 8.00. The summed E-state index contributed by atoms with van der Waals surface area (Å²) in [5.74, 6) is 0. The highest BCUT2D eigenvalue weighted by molar-refractivity contribution is 7.80. The molecule has 110 valence electrons. The number of nitrogens with zero attached hydrogens (tertiary/aromatic N) is 3. The van der Waals surface area contributed by atoms with Crippen LogP contribution in [0.2, 0.25) is 0 Å². The second kappa shape index (κ2) is 6.80. The number of nitro groups is 1. The minimum Gasteiger partial charge on any atom is -0.357 e. The molecule has 0 aliphatic rings. The van der Waals surface area contributed by atoms with Crippen LogP contribution in [-0.2, 0) is 13.1 Å². The van der Waals surface area contributed by atoms with Crippen molar-refractivity contribution in [1.29, 1.82) is 0 Å². The van der Waals surface area contributed by atoms with Crippen LogP contribution in [-0.4, -0.2) is 19.8 Å². The number of nitro benzene ring substituents is 1. The summed E-state index contributed by atoms with van der Waals surface area (Å²) in [5.41, 5.74) is 1.78. The molecule has 0 spiro atoms. The van der Waals surface area contributed by atoms with Crippen LogP contribution in [0, 0.1) is 10.1 Å². The third kappa shape index (κ3) is 3.99. The number of benzene rings is 1. The number of aryl methyl sites for hydroxylation is 1. The number of aromatic nitrogens is 2. The van der Waals surface area contributed by atoms with Gasteiger partial charge >= 0.3 is 0 Å². The monoisotopic (exact) mass is 305 g/mol. The van der Waals surface area contributed by atoms with Crippen molar-refractivity contribution < 1.29 is 4.92 Å². The van der Waals surface area contributed by atoms with E-state index in [9.17, 15) is 10.1 Å². The van der Waals surface area contributed by atoms with E-state index in [1.165, 1.54) is 12.1 Å². The third-order valence-corrected chi connectivity index (χ3v) is 3.12. The summed E-state index contributed by atoms with van der Waals surface area (Å²) in [5, 5.41) is 21.2. The van der Waals surface area contributed by atoms with E-state index in [1.54, 1.807) is 18.3 Å². The normalized spacial score (nSPS) is 10.1. The molecule has 0 aliphatic heterocycles. The number of hydrogen-bond acceptors (Lipinski definition) is 4. The van der Waals surface area contributed by atoms with E-state index in [0.717, 1.165) is 12.2 Å². The van der Waals surface area contributed by atoms with Crippen LogP contribution in [0.3, 0.4) is 0 Å². The van der Waals surface area contributed by atoms with Gasteiger partial charge in [0.15, 0.2) is 5.11 Å². The lowest BCUT2D eigenvalue weighted by atomic mass is 10.3. The Bertz CT molecular complexity index is 638. The molecule has 0 saturated heterocycles. The summed E-state index contributed by atoms with van der Waals surface area (Å²) in [6.45, 7) is 3.38. The Kier molecular flexibility index (Phi) is 4.83. The zero-order chi connectivity index (χ0) is 15.2. The SMILES string of the molecule is CCn1nccc1CNC(=S)Nc1ccc([N+](=O)[O-])cc1.